The smallest absolute Gasteiger partial charge is 0.139 e. The van der Waals surface area contributed by atoms with E-state index in [-0.39, 0.29) is 0 Å². The zero-order valence-corrected chi connectivity index (χ0v) is 14.4. The van der Waals surface area contributed by atoms with Crippen LogP contribution in [-0.4, -0.2) is 32.8 Å². The lowest BCUT2D eigenvalue weighted by Gasteiger charge is -2.33. The van der Waals surface area contributed by atoms with E-state index in [0.717, 1.165) is 49.2 Å². The van der Waals surface area contributed by atoms with Crippen molar-refractivity contribution in [3.63, 3.8) is 0 Å². The summed E-state index contributed by atoms with van der Waals surface area (Å²) in [5.41, 5.74) is 2.26. The number of nitrogens with zero attached hydrogens (tertiary/aromatic N) is 5. The molecule has 3 heterocycles. The van der Waals surface area contributed by atoms with Crippen molar-refractivity contribution in [2.75, 3.05) is 18.0 Å². The normalized spacial score (nSPS) is 16.0. The topological polar surface area (TPSA) is 46.8 Å². The number of piperidine rings is 1. The Morgan fingerprint density at radius 2 is 2.04 bits per heavy atom. The Morgan fingerprint density at radius 1 is 1.21 bits per heavy atom. The Kier molecular flexibility index (Phi) is 4.10. The Labute approximate surface area is 146 Å². The van der Waals surface area contributed by atoms with E-state index >= 15 is 0 Å². The van der Waals surface area contributed by atoms with Gasteiger partial charge in [-0.05, 0) is 49.4 Å². The van der Waals surface area contributed by atoms with Crippen molar-refractivity contribution in [1.82, 2.24) is 19.7 Å². The van der Waals surface area contributed by atoms with Gasteiger partial charge in [0.1, 0.15) is 12.1 Å². The second kappa shape index (κ2) is 6.40. The van der Waals surface area contributed by atoms with Gasteiger partial charge in [0, 0.05) is 36.2 Å². The largest absolute Gasteiger partial charge is 0.356 e. The molecule has 2 aromatic heterocycles. The second-order valence-corrected chi connectivity index (χ2v) is 6.69. The minimum atomic E-state index is 0.587. The van der Waals surface area contributed by atoms with Crippen LogP contribution in [0.4, 0.5) is 5.82 Å². The number of hydrogen-bond acceptors (Lipinski definition) is 4. The minimum absolute atomic E-state index is 0.587. The first kappa shape index (κ1) is 15.4. The molecule has 0 amide bonds. The van der Waals surface area contributed by atoms with E-state index < -0.39 is 0 Å². The van der Waals surface area contributed by atoms with E-state index in [1.54, 1.807) is 6.33 Å². The Hall–Kier alpha value is -2.14. The van der Waals surface area contributed by atoms with Crippen LogP contribution in [-0.2, 0) is 6.54 Å². The summed E-state index contributed by atoms with van der Waals surface area (Å²) in [7, 11) is 0. The number of aromatic nitrogens is 4. The summed E-state index contributed by atoms with van der Waals surface area (Å²) in [6.45, 7) is 5.04. The van der Waals surface area contributed by atoms with Gasteiger partial charge in [0.15, 0.2) is 0 Å². The maximum absolute atomic E-state index is 6.08. The fourth-order valence-corrected chi connectivity index (χ4v) is 3.62. The van der Waals surface area contributed by atoms with Crippen LogP contribution in [0.15, 0.2) is 36.9 Å². The van der Waals surface area contributed by atoms with Crippen molar-refractivity contribution < 1.29 is 0 Å². The Bertz CT molecular complexity index is 851. The summed E-state index contributed by atoms with van der Waals surface area (Å²) in [5.74, 6) is 1.60. The molecule has 1 aromatic carbocycles. The molecular formula is C18H20ClN5. The molecule has 1 aliphatic rings. The van der Waals surface area contributed by atoms with Gasteiger partial charge >= 0.3 is 0 Å². The highest BCUT2D eigenvalue weighted by Gasteiger charge is 2.23. The molecule has 3 aromatic rings. The lowest BCUT2D eigenvalue weighted by Crippen LogP contribution is -2.33. The highest BCUT2D eigenvalue weighted by atomic mass is 35.5. The lowest BCUT2D eigenvalue weighted by atomic mass is 9.91. The summed E-state index contributed by atoms with van der Waals surface area (Å²) in [6.07, 6.45) is 8.07. The van der Waals surface area contributed by atoms with Crippen LogP contribution in [0.25, 0.3) is 10.9 Å². The van der Waals surface area contributed by atoms with Gasteiger partial charge in [0.2, 0.25) is 0 Å². The first-order chi connectivity index (χ1) is 11.7. The zero-order chi connectivity index (χ0) is 16.5. The number of aryl methyl sites for hydroxylation is 1. The first-order valence-electron chi connectivity index (χ1n) is 8.42. The number of benzene rings is 1. The predicted molar refractivity (Wildman–Crippen MR) is 96.6 cm³/mol. The molecule has 0 atom stereocenters. The Morgan fingerprint density at radius 3 is 2.79 bits per heavy atom. The van der Waals surface area contributed by atoms with Crippen LogP contribution < -0.4 is 4.90 Å². The molecule has 0 N–H and O–H groups in total. The molecule has 0 radical (unpaired) electrons. The van der Waals surface area contributed by atoms with E-state index in [0.29, 0.717) is 10.9 Å². The lowest BCUT2D eigenvalue weighted by molar-refractivity contribution is 0.503. The van der Waals surface area contributed by atoms with Crippen molar-refractivity contribution in [2.45, 2.75) is 32.2 Å². The van der Waals surface area contributed by atoms with Gasteiger partial charge in [-0.3, -0.25) is 4.68 Å². The van der Waals surface area contributed by atoms with E-state index in [1.165, 1.54) is 5.56 Å². The van der Waals surface area contributed by atoms with Crippen molar-refractivity contribution in [1.29, 1.82) is 0 Å². The Balaban J connectivity index is 1.53. The molecule has 6 heteroatoms. The predicted octanol–water partition coefficient (Wildman–Crippen LogP) is 3.88. The summed E-state index contributed by atoms with van der Waals surface area (Å²) in [4.78, 5) is 11.2. The standard InChI is InChI=1S/C18H20ClN5/c1-2-24-11-14(10-22-24)13-5-7-23(8-6-13)18-16-4-3-15(19)9-17(16)20-12-21-18/h3-4,9-13H,2,5-8H2,1H3. The van der Waals surface area contributed by atoms with Gasteiger partial charge < -0.3 is 4.90 Å². The number of hydrogen-bond donors (Lipinski definition) is 0. The second-order valence-electron chi connectivity index (χ2n) is 6.25. The molecule has 1 fully saturated rings. The van der Waals surface area contributed by atoms with Gasteiger partial charge in [-0.2, -0.15) is 5.10 Å². The molecule has 124 valence electrons. The fourth-order valence-electron chi connectivity index (χ4n) is 3.46. The third-order valence-corrected chi connectivity index (χ3v) is 5.06. The molecule has 1 aliphatic heterocycles. The monoisotopic (exact) mass is 341 g/mol. The highest BCUT2D eigenvalue weighted by molar-refractivity contribution is 6.31. The van der Waals surface area contributed by atoms with Crippen LogP contribution in [0, 0.1) is 0 Å². The average molecular weight is 342 g/mol. The molecular weight excluding hydrogens is 322 g/mol. The van der Waals surface area contributed by atoms with E-state index in [4.69, 9.17) is 11.6 Å². The third-order valence-electron chi connectivity index (χ3n) is 4.82. The minimum Gasteiger partial charge on any atom is -0.356 e. The molecule has 24 heavy (non-hydrogen) atoms. The zero-order valence-electron chi connectivity index (χ0n) is 13.7. The number of halogens is 1. The summed E-state index contributed by atoms with van der Waals surface area (Å²) >= 11 is 6.08. The number of fused-ring (bicyclic) bond motifs is 1. The first-order valence-corrected chi connectivity index (χ1v) is 8.80. The van der Waals surface area contributed by atoms with Crippen LogP contribution in [0.1, 0.15) is 31.2 Å². The van der Waals surface area contributed by atoms with Crippen LogP contribution in [0.3, 0.4) is 0 Å². The molecule has 0 saturated carbocycles. The molecule has 1 saturated heterocycles. The van der Waals surface area contributed by atoms with Crippen LogP contribution in [0.2, 0.25) is 5.02 Å². The van der Waals surface area contributed by atoms with Crippen molar-refractivity contribution in [3.8, 4) is 0 Å². The van der Waals surface area contributed by atoms with Crippen molar-refractivity contribution in [2.24, 2.45) is 0 Å². The van der Waals surface area contributed by atoms with Gasteiger partial charge in [0.25, 0.3) is 0 Å². The third kappa shape index (κ3) is 2.84. The maximum atomic E-state index is 6.08. The van der Waals surface area contributed by atoms with E-state index in [1.807, 2.05) is 29.1 Å². The van der Waals surface area contributed by atoms with Crippen molar-refractivity contribution >= 4 is 28.3 Å². The van der Waals surface area contributed by atoms with Gasteiger partial charge in [0.05, 0.1) is 11.7 Å². The fraction of sp³-hybridized carbons (Fsp3) is 0.389. The van der Waals surface area contributed by atoms with Gasteiger partial charge in [-0.15, -0.1) is 0 Å². The molecule has 0 unspecified atom stereocenters. The van der Waals surface area contributed by atoms with Gasteiger partial charge in [-0.1, -0.05) is 11.6 Å². The SMILES string of the molecule is CCn1cc(C2CCN(c3ncnc4cc(Cl)ccc34)CC2)cn1. The number of rotatable bonds is 3. The quantitative estimate of drug-likeness (QED) is 0.725. The van der Waals surface area contributed by atoms with E-state index in [9.17, 15) is 0 Å². The number of anilines is 1. The maximum Gasteiger partial charge on any atom is 0.139 e. The summed E-state index contributed by atoms with van der Waals surface area (Å²) in [6, 6.07) is 5.82. The average Bonchev–Trinajstić information content (AvgIpc) is 3.10. The van der Waals surface area contributed by atoms with Gasteiger partial charge in [-0.25, -0.2) is 9.97 Å². The van der Waals surface area contributed by atoms with Crippen LogP contribution >= 0.6 is 11.6 Å². The molecule has 0 bridgehead atoms. The summed E-state index contributed by atoms with van der Waals surface area (Å²) in [5, 5.41) is 6.18. The molecule has 0 aliphatic carbocycles. The summed E-state index contributed by atoms with van der Waals surface area (Å²) < 4.78 is 2.00. The van der Waals surface area contributed by atoms with E-state index in [2.05, 4.69) is 33.1 Å². The van der Waals surface area contributed by atoms with Crippen molar-refractivity contribution in [3.05, 3.63) is 47.5 Å². The van der Waals surface area contributed by atoms with Crippen LogP contribution in [0.5, 0.6) is 0 Å². The molecule has 4 rings (SSSR count). The molecule has 5 nitrogen and oxygen atoms in total. The molecule has 0 spiro atoms. The highest BCUT2D eigenvalue weighted by Crippen LogP contribution is 2.32.